The van der Waals surface area contributed by atoms with Crippen LogP contribution in [0.2, 0.25) is 13.1 Å². The molecule has 26 heavy (non-hydrogen) atoms. The molecule has 2 aliphatic rings. The molecule has 2 aliphatic carbocycles. The van der Waals surface area contributed by atoms with E-state index in [4.69, 9.17) is 22.2 Å². The molecule has 2 unspecified atom stereocenters. The van der Waals surface area contributed by atoms with Crippen molar-refractivity contribution >= 4 is 41.0 Å². The first-order valence-corrected chi connectivity index (χ1v) is 15.7. The molecule has 0 radical (unpaired) electrons. The maximum absolute atomic E-state index is 5.43. The summed E-state index contributed by atoms with van der Waals surface area (Å²) < 4.78 is 1.39. The van der Waals surface area contributed by atoms with E-state index in [1.165, 1.54) is 11.1 Å². The number of rotatable bonds is 2. The van der Waals surface area contributed by atoms with Crippen LogP contribution in [0.5, 0.6) is 0 Å². The number of hydrogen-bond acceptors (Lipinski definition) is 0. The average molecular weight is 435 g/mol. The molecule has 4 rings (SSSR count). The van der Waals surface area contributed by atoms with Crippen molar-refractivity contribution < 1.29 is 19.2 Å². The second kappa shape index (κ2) is 8.21. The summed E-state index contributed by atoms with van der Waals surface area (Å²) >= 11 is 10.7. The van der Waals surface area contributed by atoms with Crippen LogP contribution in [0.25, 0.3) is 12.2 Å². The largest absolute Gasteiger partial charge is 0.245 e. The molecule has 2 aromatic rings. The molecule has 2 atom stereocenters. The van der Waals surface area contributed by atoms with E-state index in [1.54, 1.807) is 22.3 Å². The molecule has 0 saturated carbocycles. The predicted octanol–water partition coefficient (Wildman–Crippen LogP) is 7.55. The third-order valence-corrected chi connectivity index (χ3v) is 8.06. The van der Waals surface area contributed by atoms with E-state index < -0.39 is 6.69 Å². The standard InChI is InChI=1S/2C10H9.C2H6Cl2Si.Ti/c2*1-8-6-9-4-2-3-5-10(9)7-8;1-5(2,3)4;/h2*2-7H,1H3;1-2H3;. The fourth-order valence-corrected chi connectivity index (χ4v) is 6.55. The minimum absolute atomic E-state index is 0.137. The van der Waals surface area contributed by atoms with Gasteiger partial charge in [-0.3, -0.25) is 0 Å². The minimum atomic E-state index is -1.67. The van der Waals surface area contributed by atoms with Gasteiger partial charge in [0.25, 0.3) is 0 Å². The first-order chi connectivity index (χ1) is 12.2. The fraction of sp³-hybridized carbons (Fsp3) is 0.273. The zero-order valence-electron chi connectivity index (χ0n) is 15.7. The number of halogens is 2. The SMILES string of the molecule is CC1=Cc2ccccc2[CH]1[Ti][CH]1C(C)=Cc2ccccc21.C[Si](C)(Cl)Cl. The first-order valence-electron chi connectivity index (χ1n) is 8.92. The molecule has 0 spiro atoms. The molecule has 0 aliphatic heterocycles. The molecule has 0 amide bonds. The van der Waals surface area contributed by atoms with Crippen LogP contribution in [0.3, 0.4) is 0 Å². The van der Waals surface area contributed by atoms with Crippen molar-refractivity contribution in [1.82, 2.24) is 0 Å². The molecule has 0 N–H and O–H groups in total. The fourth-order valence-electron chi connectivity index (χ4n) is 3.57. The van der Waals surface area contributed by atoms with Crippen LogP contribution in [0.1, 0.15) is 44.5 Å². The van der Waals surface area contributed by atoms with E-state index in [9.17, 15) is 0 Å². The zero-order chi connectivity index (χ0) is 18.9. The van der Waals surface area contributed by atoms with Gasteiger partial charge in [-0.1, -0.05) is 0 Å². The third-order valence-electron chi connectivity index (χ3n) is 4.62. The van der Waals surface area contributed by atoms with Gasteiger partial charge in [0.15, 0.2) is 0 Å². The monoisotopic (exact) mass is 434 g/mol. The molecule has 0 nitrogen and oxygen atoms in total. The quantitative estimate of drug-likeness (QED) is 0.338. The Labute approximate surface area is 176 Å². The Bertz CT molecular complexity index is 793. The number of benzene rings is 2. The Kier molecular flexibility index (Phi) is 6.37. The maximum atomic E-state index is 5.43. The molecule has 0 aromatic heterocycles. The average Bonchev–Trinajstić information content (AvgIpc) is 3.04. The van der Waals surface area contributed by atoms with Gasteiger partial charge in [0.2, 0.25) is 6.69 Å². The minimum Gasteiger partial charge on any atom is -0.146 e. The molecule has 2 aromatic carbocycles. The van der Waals surface area contributed by atoms with Crippen molar-refractivity contribution in [3.8, 4) is 0 Å². The van der Waals surface area contributed by atoms with E-state index in [0.29, 0.717) is 8.45 Å². The number of allylic oxidation sites excluding steroid dienone is 2. The van der Waals surface area contributed by atoms with Gasteiger partial charge in [-0.2, -0.15) is 0 Å². The first kappa shape index (κ1) is 20.2. The molecule has 0 bridgehead atoms. The van der Waals surface area contributed by atoms with Gasteiger partial charge in [0, 0.05) is 0 Å². The normalized spacial score (nSPS) is 20.4. The maximum Gasteiger partial charge on any atom is 0.245 e. The van der Waals surface area contributed by atoms with Gasteiger partial charge < -0.3 is 0 Å². The third kappa shape index (κ3) is 4.82. The van der Waals surface area contributed by atoms with Crippen molar-refractivity contribution in [2.75, 3.05) is 0 Å². The molecule has 0 fully saturated rings. The van der Waals surface area contributed by atoms with Crippen molar-refractivity contribution in [3.05, 3.63) is 81.9 Å². The van der Waals surface area contributed by atoms with Gasteiger partial charge in [-0.05, 0) is 13.1 Å². The Hall–Kier alpha value is -0.569. The second-order valence-electron chi connectivity index (χ2n) is 7.39. The molecule has 134 valence electrons. The van der Waals surface area contributed by atoms with Gasteiger partial charge in [0.1, 0.15) is 0 Å². The topological polar surface area (TPSA) is 0 Å². The molecular formula is C22H24Cl2SiTi. The van der Waals surface area contributed by atoms with Crippen molar-refractivity contribution in [2.24, 2.45) is 0 Å². The number of hydrogen-bond donors (Lipinski definition) is 0. The van der Waals surface area contributed by atoms with E-state index in [2.05, 4.69) is 74.5 Å². The van der Waals surface area contributed by atoms with E-state index in [1.807, 2.05) is 13.1 Å². The second-order valence-corrected chi connectivity index (χ2v) is 18.6. The summed E-state index contributed by atoms with van der Waals surface area (Å²) in [5.41, 5.74) is 9.13. The van der Waals surface area contributed by atoms with Crippen molar-refractivity contribution in [2.45, 2.75) is 35.4 Å². The summed E-state index contributed by atoms with van der Waals surface area (Å²) in [4.78, 5) is 0. The summed E-state index contributed by atoms with van der Waals surface area (Å²) in [6, 6.07) is 17.9. The zero-order valence-corrected chi connectivity index (χ0v) is 19.8. The van der Waals surface area contributed by atoms with Gasteiger partial charge in [0.05, 0.1) is 0 Å². The van der Waals surface area contributed by atoms with Crippen LogP contribution >= 0.6 is 22.2 Å². The van der Waals surface area contributed by atoms with Crippen LogP contribution in [-0.2, 0) is 19.2 Å². The van der Waals surface area contributed by atoms with E-state index in [0.717, 1.165) is 0 Å². The van der Waals surface area contributed by atoms with Gasteiger partial charge >= 0.3 is 136 Å². The molecular weight excluding hydrogens is 411 g/mol. The smallest absolute Gasteiger partial charge is 0.146 e. The van der Waals surface area contributed by atoms with Crippen molar-refractivity contribution in [3.63, 3.8) is 0 Å². The predicted molar refractivity (Wildman–Crippen MR) is 115 cm³/mol. The Balaban J connectivity index is 0.000000349. The Morgan fingerprint density at radius 1 is 0.731 bits per heavy atom. The van der Waals surface area contributed by atoms with Crippen LogP contribution in [0.4, 0.5) is 0 Å². The van der Waals surface area contributed by atoms with Crippen LogP contribution < -0.4 is 0 Å². The van der Waals surface area contributed by atoms with E-state index >= 15 is 0 Å². The molecule has 4 heteroatoms. The summed E-state index contributed by atoms with van der Waals surface area (Å²) in [5, 5.41) is 0. The summed E-state index contributed by atoms with van der Waals surface area (Å²) in [7, 11) is 0. The Morgan fingerprint density at radius 2 is 1.08 bits per heavy atom. The van der Waals surface area contributed by atoms with E-state index in [-0.39, 0.29) is 19.2 Å². The number of fused-ring (bicyclic) bond motifs is 2. The Morgan fingerprint density at radius 3 is 1.46 bits per heavy atom. The molecule has 0 heterocycles. The van der Waals surface area contributed by atoms with Crippen molar-refractivity contribution in [1.29, 1.82) is 0 Å². The van der Waals surface area contributed by atoms with Crippen LogP contribution in [0.15, 0.2) is 59.7 Å². The summed E-state index contributed by atoms with van der Waals surface area (Å²) in [6.07, 6.45) is 4.78. The van der Waals surface area contributed by atoms with Crippen LogP contribution in [0, 0.1) is 0 Å². The van der Waals surface area contributed by atoms with Crippen LogP contribution in [-0.4, -0.2) is 6.69 Å². The van der Waals surface area contributed by atoms with Gasteiger partial charge in [-0.25, -0.2) is 0 Å². The summed E-state index contributed by atoms with van der Waals surface area (Å²) in [6.45, 7) is 6.67. The molecule has 0 saturated heterocycles. The summed E-state index contributed by atoms with van der Waals surface area (Å²) in [5.74, 6) is 0. The van der Waals surface area contributed by atoms with Gasteiger partial charge in [-0.15, -0.1) is 22.2 Å².